The minimum Gasteiger partial charge on any atom is -0.324 e. The molecule has 0 aliphatic rings. The Morgan fingerprint density at radius 2 is 1.08 bits per heavy atom. The van der Waals surface area contributed by atoms with Gasteiger partial charge in [0.25, 0.3) is 0 Å². The van der Waals surface area contributed by atoms with Crippen LogP contribution >= 0.6 is 15.9 Å². The molecule has 156 valence electrons. The summed E-state index contributed by atoms with van der Waals surface area (Å²) >= 11 is 0. The van der Waals surface area contributed by atoms with E-state index >= 15 is 0 Å². The molecule has 0 rings (SSSR count). The summed E-state index contributed by atoms with van der Waals surface area (Å²) in [4.78, 5) is 31.7. The second-order valence-electron chi connectivity index (χ2n) is 6.58. The van der Waals surface area contributed by atoms with Crippen molar-refractivity contribution >= 4 is 15.9 Å². The summed E-state index contributed by atoms with van der Waals surface area (Å²) in [6.45, 7) is 2.26. The fourth-order valence-electron chi connectivity index (χ4n) is 2.57. The van der Waals surface area contributed by atoms with Crippen LogP contribution in [0.3, 0.4) is 0 Å². The first-order chi connectivity index (χ1) is 12.3. The number of rotatable bonds is 16. The van der Waals surface area contributed by atoms with Crippen molar-refractivity contribution in [2.75, 3.05) is 6.16 Å². The first-order valence-electron chi connectivity index (χ1n) is 9.84. The summed E-state index contributed by atoms with van der Waals surface area (Å²) in [7, 11) is -6.63. The zero-order valence-corrected chi connectivity index (χ0v) is 18.0. The minimum atomic E-state index is -3.76. The largest absolute Gasteiger partial charge is 0.692 e. The van der Waals surface area contributed by atoms with Crippen molar-refractivity contribution in [2.45, 2.75) is 96.8 Å². The predicted octanol–water partition coefficient (Wildman–Crippen LogP) is 5.83. The van der Waals surface area contributed by atoms with Gasteiger partial charge in [0.1, 0.15) is 0 Å². The van der Waals surface area contributed by atoms with E-state index in [-0.39, 0.29) is 6.16 Å². The first-order valence-corrected chi connectivity index (χ1v) is 12.8. The maximum Gasteiger partial charge on any atom is 0.692 e. The summed E-state index contributed by atoms with van der Waals surface area (Å²) in [5, 5.41) is 0. The molecule has 0 aliphatic carbocycles. The maximum atomic E-state index is 10.7. The van der Waals surface area contributed by atoms with Gasteiger partial charge in [0.15, 0.2) is 0 Å². The topological polar surface area (TPSA) is 115 Å². The van der Waals surface area contributed by atoms with Crippen LogP contribution in [0.25, 0.3) is 0 Å². The molecular formula is C18H39O6P2+. The Labute approximate surface area is 160 Å². The molecule has 0 aromatic rings. The van der Waals surface area contributed by atoms with E-state index in [0.717, 1.165) is 12.8 Å². The van der Waals surface area contributed by atoms with Crippen molar-refractivity contribution in [1.29, 1.82) is 0 Å². The Morgan fingerprint density at radius 3 is 1.46 bits per heavy atom. The number of allylic oxidation sites excluding steroid dienone is 2. The minimum absolute atomic E-state index is 0.0498. The lowest BCUT2D eigenvalue weighted by atomic mass is 10.1. The first kappa shape index (κ1) is 28.1. The maximum absolute atomic E-state index is 10.7. The van der Waals surface area contributed by atoms with Gasteiger partial charge in [-0.15, -0.1) is 9.79 Å². The second-order valence-corrected chi connectivity index (χ2v) is 8.86. The van der Waals surface area contributed by atoms with Gasteiger partial charge in [-0.05, 0) is 32.1 Å². The van der Waals surface area contributed by atoms with Crippen LogP contribution in [0.5, 0.6) is 0 Å². The Balaban J connectivity index is 0. The molecule has 4 N–H and O–H groups in total. The van der Waals surface area contributed by atoms with Crippen LogP contribution in [-0.4, -0.2) is 25.7 Å². The molecule has 0 bridgehead atoms. The van der Waals surface area contributed by atoms with E-state index in [4.69, 9.17) is 24.1 Å². The van der Waals surface area contributed by atoms with E-state index < -0.39 is 15.9 Å². The van der Waals surface area contributed by atoms with Gasteiger partial charge in [0, 0.05) is 10.7 Å². The second kappa shape index (κ2) is 21.2. The van der Waals surface area contributed by atoms with E-state index in [1.165, 1.54) is 70.6 Å². The molecule has 0 unspecified atom stereocenters. The van der Waals surface area contributed by atoms with E-state index in [2.05, 4.69) is 19.1 Å². The summed E-state index contributed by atoms with van der Waals surface area (Å²) in [5.41, 5.74) is 0. The normalized spacial score (nSPS) is 11.4. The average Bonchev–Trinajstić information content (AvgIpc) is 2.53. The van der Waals surface area contributed by atoms with E-state index in [9.17, 15) is 4.57 Å². The Morgan fingerprint density at radius 1 is 0.731 bits per heavy atom. The van der Waals surface area contributed by atoms with Gasteiger partial charge in [0.2, 0.25) is 0 Å². The zero-order valence-electron chi connectivity index (χ0n) is 16.3. The highest BCUT2D eigenvalue weighted by Crippen LogP contribution is 2.35. The van der Waals surface area contributed by atoms with Crippen LogP contribution in [0, 0.1) is 0 Å². The van der Waals surface area contributed by atoms with Gasteiger partial charge in [-0.1, -0.05) is 76.9 Å². The van der Waals surface area contributed by atoms with Crippen molar-refractivity contribution in [1.82, 2.24) is 0 Å². The van der Waals surface area contributed by atoms with Crippen molar-refractivity contribution in [3.05, 3.63) is 12.2 Å². The molecule has 0 radical (unpaired) electrons. The number of hydrogen-bond acceptors (Lipinski definition) is 2. The van der Waals surface area contributed by atoms with Crippen LogP contribution in [0.2, 0.25) is 0 Å². The van der Waals surface area contributed by atoms with Gasteiger partial charge in [-0.2, -0.15) is 0 Å². The summed E-state index contributed by atoms with van der Waals surface area (Å²) < 4.78 is 19.4. The lowest BCUT2D eigenvalue weighted by Crippen LogP contribution is -1.88. The van der Waals surface area contributed by atoms with Gasteiger partial charge < -0.3 is 9.79 Å². The van der Waals surface area contributed by atoms with Crippen LogP contribution in [0.1, 0.15) is 96.8 Å². The predicted molar refractivity (Wildman–Crippen MR) is 108 cm³/mol. The fraction of sp³-hybridized carbons (Fsp3) is 0.889. The molecule has 0 aliphatic heterocycles. The standard InChI is InChI=1S/C18H37O3P.HO3P/c1-2-3-4-5-6-7-8-9-10-11-12-13-14-15-16-17-18-22(19,20)21;1-4(2)3/h9-10H,2-8,11-18H2,1H3,(H2,19,20,21);(H-,1,2,3)/p+1/b10-9-;. The zero-order chi connectivity index (χ0) is 20.1. The summed E-state index contributed by atoms with van der Waals surface area (Å²) in [5.74, 6) is 0. The Hall–Kier alpha value is -0.0900. The highest BCUT2D eigenvalue weighted by molar-refractivity contribution is 7.51. The molecule has 0 saturated carbocycles. The molecule has 0 saturated heterocycles. The van der Waals surface area contributed by atoms with Crippen molar-refractivity contribution in [3.63, 3.8) is 0 Å². The van der Waals surface area contributed by atoms with Crippen molar-refractivity contribution < 1.29 is 28.7 Å². The third-order valence-electron chi connectivity index (χ3n) is 3.96. The highest BCUT2D eigenvalue weighted by Gasteiger charge is 2.10. The van der Waals surface area contributed by atoms with Crippen molar-refractivity contribution in [3.8, 4) is 0 Å². The lowest BCUT2D eigenvalue weighted by molar-refractivity contribution is 0.370. The third-order valence-corrected chi connectivity index (χ3v) is 4.86. The lowest BCUT2D eigenvalue weighted by Gasteiger charge is -2.03. The fourth-order valence-corrected chi connectivity index (χ4v) is 3.20. The molecule has 0 heterocycles. The average molecular weight is 413 g/mol. The molecule has 0 aromatic carbocycles. The molecule has 6 nitrogen and oxygen atoms in total. The molecule has 0 amide bonds. The SMILES string of the molecule is CCCCCCCC/C=C\CCCCCCCCP(=O)(O)O.O=[P+](O)O. The van der Waals surface area contributed by atoms with E-state index in [1.54, 1.807) is 0 Å². The summed E-state index contributed by atoms with van der Waals surface area (Å²) in [6.07, 6.45) is 21.7. The Kier molecular flexibility index (Phi) is 22.9. The van der Waals surface area contributed by atoms with Crippen LogP contribution < -0.4 is 0 Å². The molecule has 8 heteroatoms. The van der Waals surface area contributed by atoms with E-state index in [0.29, 0.717) is 6.42 Å². The van der Waals surface area contributed by atoms with Crippen LogP contribution in [0.15, 0.2) is 12.2 Å². The van der Waals surface area contributed by atoms with Crippen LogP contribution in [-0.2, 0) is 9.13 Å². The quantitative estimate of drug-likeness (QED) is 0.144. The molecule has 0 fully saturated rings. The molecule has 0 aromatic heterocycles. The molecular weight excluding hydrogens is 374 g/mol. The molecule has 0 atom stereocenters. The monoisotopic (exact) mass is 413 g/mol. The number of hydrogen-bond donors (Lipinski definition) is 4. The Bertz CT molecular complexity index is 378. The van der Waals surface area contributed by atoms with Gasteiger partial charge >= 0.3 is 15.9 Å². The molecule has 0 spiro atoms. The van der Waals surface area contributed by atoms with Gasteiger partial charge in [-0.3, -0.25) is 4.57 Å². The van der Waals surface area contributed by atoms with Gasteiger partial charge in [0.05, 0.1) is 0 Å². The molecule has 26 heavy (non-hydrogen) atoms. The van der Waals surface area contributed by atoms with Gasteiger partial charge in [-0.25, -0.2) is 0 Å². The van der Waals surface area contributed by atoms with Crippen molar-refractivity contribution in [2.24, 2.45) is 0 Å². The summed E-state index contributed by atoms with van der Waals surface area (Å²) in [6, 6.07) is 0. The highest BCUT2D eigenvalue weighted by atomic mass is 31.2. The number of unbranched alkanes of at least 4 members (excludes halogenated alkanes) is 12. The smallest absolute Gasteiger partial charge is 0.324 e. The third kappa shape index (κ3) is 35.1. The van der Waals surface area contributed by atoms with E-state index in [1.807, 2.05) is 0 Å². The van der Waals surface area contributed by atoms with Crippen LogP contribution in [0.4, 0.5) is 0 Å².